The number of morpholine rings is 1. The van der Waals surface area contributed by atoms with Gasteiger partial charge in [-0.1, -0.05) is 42.5 Å². The molecule has 1 heterocycles. The Balaban J connectivity index is 1.39. The van der Waals surface area contributed by atoms with Gasteiger partial charge in [0.15, 0.2) is 0 Å². The van der Waals surface area contributed by atoms with Gasteiger partial charge in [0.1, 0.15) is 5.76 Å². The summed E-state index contributed by atoms with van der Waals surface area (Å²) in [5.74, 6) is 0.441. The number of allylic oxidation sites excluding steroid dienone is 3. The number of nitrogens with zero attached hydrogens (tertiary/aromatic N) is 1. The van der Waals surface area contributed by atoms with Crippen molar-refractivity contribution in [1.82, 2.24) is 4.90 Å². The van der Waals surface area contributed by atoms with Gasteiger partial charge in [-0.25, -0.2) is 0 Å². The van der Waals surface area contributed by atoms with E-state index < -0.39 is 0 Å². The summed E-state index contributed by atoms with van der Waals surface area (Å²) < 4.78 is 10.9. The molecule has 0 atom stereocenters. The number of hydrogen-bond acceptors (Lipinski definition) is 4. The Kier molecular flexibility index (Phi) is 4.15. The molecule has 2 aliphatic carbocycles. The van der Waals surface area contributed by atoms with Crippen LogP contribution >= 0.6 is 0 Å². The van der Waals surface area contributed by atoms with Crippen LogP contribution in [0.1, 0.15) is 11.1 Å². The first kappa shape index (κ1) is 16.5. The molecule has 5 rings (SSSR count). The molecule has 0 amide bonds. The Bertz CT molecular complexity index is 1100. The van der Waals surface area contributed by atoms with E-state index >= 15 is 0 Å². The van der Waals surface area contributed by atoms with Crippen LogP contribution in [-0.2, 0) is 20.7 Å². The van der Waals surface area contributed by atoms with E-state index in [1.165, 1.54) is 27.1 Å². The minimum absolute atomic E-state index is 0.206. The van der Waals surface area contributed by atoms with Gasteiger partial charge in [-0.3, -0.25) is 9.69 Å². The number of carbonyl (C=O) groups is 1. The van der Waals surface area contributed by atoms with Crippen LogP contribution in [-0.4, -0.2) is 43.7 Å². The molecule has 27 heavy (non-hydrogen) atoms. The van der Waals surface area contributed by atoms with Gasteiger partial charge in [0.2, 0.25) is 0 Å². The second kappa shape index (κ2) is 6.80. The highest BCUT2D eigenvalue weighted by Gasteiger charge is 2.17. The van der Waals surface area contributed by atoms with Crippen LogP contribution in [0.4, 0.5) is 0 Å². The van der Waals surface area contributed by atoms with Gasteiger partial charge >= 0.3 is 5.97 Å². The van der Waals surface area contributed by atoms with Crippen molar-refractivity contribution in [3.63, 3.8) is 0 Å². The molecule has 4 nitrogen and oxygen atoms in total. The van der Waals surface area contributed by atoms with Crippen molar-refractivity contribution in [3.05, 3.63) is 63.7 Å². The summed E-state index contributed by atoms with van der Waals surface area (Å²) in [6, 6.07) is 8.69. The van der Waals surface area contributed by atoms with E-state index in [1.54, 1.807) is 0 Å². The number of esters is 1. The van der Waals surface area contributed by atoms with E-state index in [0.717, 1.165) is 24.7 Å². The maximum absolute atomic E-state index is 12.3. The fraction of sp³-hybridized carbons (Fsp3) is 0.261. The molecular formula is C23H21NO3. The second-order valence-corrected chi connectivity index (χ2v) is 7.14. The topological polar surface area (TPSA) is 38.8 Å². The summed E-state index contributed by atoms with van der Waals surface area (Å²) in [4.78, 5) is 14.3. The van der Waals surface area contributed by atoms with Crippen LogP contribution in [0.5, 0.6) is 0 Å². The Labute approximate surface area is 157 Å². The number of hydrogen-bond donors (Lipinski definition) is 0. The molecule has 4 heteroatoms. The van der Waals surface area contributed by atoms with Gasteiger partial charge in [0.05, 0.1) is 19.8 Å². The van der Waals surface area contributed by atoms with Crippen LogP contribution in [0.3, 0.4) is 0 Å². The van der Waals surface area contributed by atoms with Crippen molar-refractivity contribution in [2.45, 2.75) is 6.42 Å². The molecule has 0 N–H and O–H groups in total. The zero-order valence-electron chi connectivity index (χ0n) is 15.1. The predicted molar refractivity (Wildman–Crippen MR) is 106 cm³/mol. The Morgan fingerprint density at radius 3 is 2.78 bits per heavy atom. The number of fused-ring (bicyclic) bond motifs is 5. The predicted octanol–water partition coefficient (Wildman–Crippen LogP) is 1.74. The molecule has 136 valence electrons. The number of rotatable bonds is 3. The van der Waals surface area contributed by atoms with Crippen LogP contribution < -0.4 is 10.4 Å². The lowest BCUT2D eigenvalue weighted by molar-refractivity contribution is -0.141. The molecule has 2 aromatic carbocycles. The quantitative estimate of drug-likeness (QED) is 0.783. The second-order valence-electron chi connectivity index (χ2n) is 7.14. The van der Waals surface area contributed by atoms with Gasteiger partial charge in [-0.2, -0.15) is 0 Å². The number of ether oxygens (including phenoxy) is 2. The van der Waals surface area contributed by atoms with E-state index in [2.05, 4.69) is 47.4 Å². The fourth-order valence-electron chi connectivity index (χ4n) is 4.06. The van der Waals surface area contributed by atoms with Crippen LogP contribution in [0, 0.1) is 0 Å². The molecule has 1 aliphatic heterocycles. The summed E-state index contributed by atoms with van der Waals surface area (Å²) in [5, 5.41) is 4.96. The summed E-state index contributed by atoms with van der Waals surface area (Å²) in [6.07, 6.45) is 11.2. The van der Waals surface area contributed by atoms with Crippen molar-refractivity contribution in [1.29, 1.82) is 0 Å². The zero-order valence-corrected chi connectivity index (χ0v) is 15.1. The molecule has 1 fully saturated rings. The van der Waals surface area contributed by atoms with Gasteiger partial charge in [0.25, 0.3) is 0 Å². The van der Waals surface area contributed by atoms with Crippen molar-refractivity contribution in [3.8, 4) is 0 Å². The average Bonchev–Trinajstić information content (AvgIpc) is 3.17. The fourth-order valence-corrected chi connectivity index (χ4v) is 4.06. The van der Waals surface area contributed by atoms with Crippen LogP contribution in [0.25, 0.3) is 29.0 Å². The SMILES string of the molecule is O=C(CN1CCOCC1)OC1=CCc2c(ccc3c4c(ccc23)=CC=C4)=C1. The van der Waals surface area contributed by atoms with E-state index in [4.69, 9.17) is 9.47 Å². The summed E-state index contributed by atoms with van der Waals surface area (Å²) in [5.41, 5.74) is 2.59. The monoisotopic (exact) mass is 359 g/mol. The summed E-state index contributed by atoms with van der Waals surface area (Å²) in [7, 11) is 0. The minimum atomic E-state index is -0.206. The highest BCUT2D eigenvalue weighted by atomic mass is 16.5. The van der Waals surface area contributed by atoms with Crippen molar-refractivity contribution >= 4 is 35.0 Å². The average molecular weight is 359 g/mol. The molecule has 0 aromatic heterocycles. The third-order valence-corrected chi connectivity index (χ3v) is 5.46. The lowest BCUT2D eigenvalue weighted by Crippen LogP contribution is -2.40. The highest BCUT2D eigenvalue weighted by Crippen LogP contribution is 2.23. The Morgan fingerprint density at radius 1 is 1.07 bits per heavy atom. The van der Waals surface area contributed by atoms with Gasteiger partial charge in [-0.15, -0.1) is 0 Å². The van der Waals surface area contributed by atoms with E-state index in [0.29, 0.717) is 25.5 Å². The lowest BCUT2D eigenvalue weighted by Gasteiger charge is -2.25. The largest absolute Gasteiger partial charge is 0.426 e. The van der Waals surface area contributed by atoms with Gasteiger partial charge in [-0.05, 0) is 50.9 Å². The van der Waals surface area contributed by atoms with E-state index in [-0.39, 0.29) is 5.97 Å². The number of benzene rings is 2. The maximum atomic E-state index is 12.3. The molecule has 0 radical (unpaired) electrons. The number of carbonyl (C=O) groups excluding carboxylic acids is 1. The van der Waals surface area contributed by atoms with Crippen molar-refractivity contribution in [2.24, 2.45) is 0 Å². The first-order chi connectivity index (χ1) is 13.3. The first-order valence-corrected chi connectivity index (χ1v) is 9.44. The van der Waals surface area contributed by atoms with Crippen LogP contribution in [0.2, 0.25) is 0 Å². The Morgan fingerprint density at radius 2 is 1.89 bits per heavy atom. The molecular weight excluding hydrogens is 338 g/mol. The van der Waals surface area contributed by atoms with E-state index in [1.807, 2.05) is 12.2 Å². The Hall–Kier alpha value is -2.69. The summed E-state index contributed by atoms with van der Waals surface area (Å²) >= 11 is 0. The molecule has 0 spiro atoms. The van der Waals surface area contributed by atoms with Gasteiger partial charge in [0, 0.05) is 13.1 Å². The highest BCUT2D eigenvalue weighted by molar-refractivity contribution is 5.96. The molecule has 2 aromatic rings. The lowest BCUT2D eigenvalue weighted by atomic mass is 9.94. The third kappa shape index (κ3) is 3.11. The zero-order chi connectivity index (χ0) is 18.2. The third-order valence-electron chi connectivity index (χ3n) is 5.46. The molecule has 0 saturated carbocycles. The van der Waals surface area contributed by atoms with Crippen LogP contribution in [0.15, 0.2) is 42.2 Å². The molecule has 1 saturated heterocycles. The van der Waals surface area contributed by atoms with Crippen molar-refractivity contribution in [2.75, 3.05) is 32.8 Å². The standard InChI is InChI=1S/C23H21NO3/c25-23(15-24-10-12-26-13-11-24)27-18-6-9-20-17(14-18)5-8-21-19-3-1-2-16(19)4-7-22(20)21/h1-8,14H,9-13,15H2. The molecule has 0 unspecified atom stereocenters. The normalized spacial score (nSPS) is 18.3. The van der Waals surface area contributed by atoms with Crippen molar-refractivity contribution < 1.29 is 14.3 Å². The summed E-state index contributed by atoms with van der Waals surface area (Å²) in [6.45, 7) is 3.23. The molecule has 3 aliphatic rings. The van der Waals surface area contributed by atoms with E-state index in [9.17, 15) is 4.79 Å². The molecule has 0 bridgehead atoms. The van der Waals surface area contributed by atoms with Gasteiger partial charge < -0.3 is 9.47 Å². The minimum Gasteiger partial charge on any atom is -0.426 e. The maximum Gasteiger partial charge on any atom is 0.325 e. The smallest absolute Gasteiger partial charge is 0.325 e. The first-order valence-electron chi connectivity index (χ1n) is 9.44.